The Morgan fingerprint density at radius 3 is 2.73 bits per heavy atom. The smallest absolute Gasteiger partial charge is 0.286 e. The second kappa shape index (κ2) is 9.07. The highest BCUT2D eigenvalue weighted by atomic mass is 32.2. The molecule has 7 nitrogen and oxygen atoms in total. The minimum Gasteiger partial charge on any atom is -0.491 e. The molecule has 1 atom stereocenters. The van der Waals surface area contributed by atoms with E-state index in [0.717, 1.165) is 45.2 Å². The van der Waals surface area contributed by atoms with Gasteiger partial charge in [0.2, 0.25) is 11.8 Å². The van der Waals surface area contributed by atoms with Gasteiger partial charge in [0.25, 0.3) is 5.24 Å². The van der Waals surface area contributed by atoms with Crippen LogP contribution in [0.15, 0.2) is 65.2 Å². The lowest BCUT2D eigenvalue weighted by atomic mass is 10.0. The summed E-state index contributed by atoms with van der Waals surface area (Å²) in [5.41, 5.74) is 3.48. The summed E-state index contributed by atoms with van der Waals surface area (Å²) in [4.78, 5) is 32.6. The van der Waals surface area contributed by atoms with E-state index in [2.05, 4.69) is 15.3 Å². The number of oxazole rings is 1. The molecule has 1 aliphatic rings. The monoisotopic (exact) mass is 459 g/mol. The highest BCUT2D eigenvalue weighted by molar-refractivity contribution is 8.15. The van der Waals surface area contributed by atoms with Gasteiger partial charge in [0, 0.05) is 23.6 Å². The average molecular weight is 460 g/mol. The van der Waals surface area contributed by atoms with Crippen LogP contribution in [0, 0.1) is 6.92 Å². The number of hydrogen-bond acceptors (Lipinski definition) is 7. The Kier molecular flexibility index (Phi) is 5.83. The summed E-state index contributed by atoms with van der Waals surface area (Å²) in [5.74, 6) is 1.79. The number of thioether (sulfide) groups is 1. The first-order chi connectivity index (χ1) is 16.1. The van der Waals surface area contributed by atoms with Gasteiger partial charge in [-0.1, -0.05) is 42.1 Å². The number of aromatic nitrogens is 2. The second-order valence-corrected chi connectivity index (χ2v) is 8.87. The molecule has 4 aromatic rings. The number of benzene rings is 2. The minimum atomic E-state index is -0.429. The first-order valence-corrected chi connectivity index (χ1v) is 11.5. The fourth-order valence-electron chi connectivity index (χ4n) is 3.85. The molecular formula is C25H21N3O4S. The first-order valence-electron chi connectivity index (χ1n) is 10.6. The van der Waals surface area contributed by atoms with Crippen molar-refractivity contribution in [1.29, 1.82) is 0 Å². The van der Waals surface area contributed by atoms with Gasteiger partial charge < -0.3 is 9.15 Å². The molecule has 2 aromatic heterocycles. The number of aryl methyl sites for hydroxylation is 1. The maximum absolute atomic E-state index is 12.0. The average Bonchev–Trinajstić information content (AvgIpc) is 3.36. The summed E-state index contributed by atoms with van der Waals surface area (Å²) in [6.45, 7) is 2.32. The molecule has 2 amide bonds. The van der Waals surface area contributed by atoms with Crippen molar-refractivity contribution in [2.45, 2.75) is 25.0 Å². The molecule has 1 fully saturated rings. The topological polar surface area (TPSA) is 94.3 Å². The van der Waals surface area contributed by atoms with Gasteiger partial charge in [-0.05, 0) is 43.2 Å². The molecule has 0 saturated carbocycles. The molecule has 8 heteroatoms. The largest absolute Gasteiger partial charge is 0.491 e. The maximum Gasteiger partial charge on any atom is 0.286 e. The summed E-state index contributed by atoms with van der Waals surface area (Å²) in [6.07, 6.45) is 2.76. The SMILES string of the molecule is Cc1oc(-c2ccccc2)nc1CCOc1ccc(CC2SC(=O)NC2=O)c2cccnc12. The number of imide groups is 1. The van der Waals surface area contributed by atoms with E-state index in [1.165, 1.54) is 0 Å². The Morgan fingerprint density at radius 2 is 1.94 bits per heavy atom. The second-order valence-electron chi connectivity index (χ2n) is 7.70. The number of nitrogens with one attached hydrogen (secondary N) is 1. The predicted octanol–water partition coefficient (Wildman–Crippen LogP) is 4.71. The Hall–Kier alpha value is -3.65. The van der Waals surface area contributed by atoms with Crippen LogP contribution in [0.2, 0.25) is 0 Å². The third-order valence-corrected chi connectivity index (χ3v) is 6.49. The lowest BCUT2D eigenvalue weighted by molar-refractivity contribution is -0.118. The van der Waals surface area contributed by atoms with Gasteiger partial charge >= 0.3 is 0 Å². The summed E-state index contributed by atoms with van der Waals surface area (Å²) in [7, 11) is 0. The molecule has 2 aromatic carbocycles. The van der Waals surface area contributed by atoms with Gasteiger partial charge in [-0.2, -0.15) is 0 Å². The molecule has 0 aliphatic carbocycles. The molecule has 3 heterocycles. The molecule has 0 bridgehead atoms. The molecule has 166 valence electrons. The van der Waals surface area contributed by atoms with Crippen LogP contribution < -0.4 is 10.1 Å². The molecule has 1 saturated heterocycles. The zero-order chi connectivity index (χ0) is 22.8. The third kappa shape index (κ3) is 4.47. The lowest BCUT2D eigenvalue weighted by Gasteiger charge is -2.13. The number of carbonyl (C=O) groups excluding carboxylic acids is 2. The fraction of sp³-hybridized carbons (Fsp3) is 0.200. The molecule has 1 aliphatic heterocycles. The van der Waals surface area contributed by atoms with Gasteiger partial charge in [-0.15, -0.1) is 0 Å². The van der Waals surface area contributed by atoms with Crippen molar-refractivity contribution in [3.8, 4) is 17.2 Å². The van der Waals surface area contributed by atoms with Crippen molar-refractivity contribution < 1.29 is 18.7 Å². The number of carbonyl (C=O) groups is 2. The normalized spacial score (nSPS) is 15.7. The molecule has 0 radical (unpaired) electrons. The molecule has 1 N–H and O–H groups in total. The summed E-state index contributed by atoms with van der Waals surface area (Å²) < 4.78 is 11.9. The van der Waals surface area contributed by atoms with E-state index in [9.17, 15) is 9.59 Å². The van der Waals surface area contributed by atoms with E-state index >= 15 is 0 Å². The highest BCUT2D eigenvalue weighted by Crippen LogP contribution is 2.31. The van der Waals surface area contributed by atoms with Gasteiger partial charge in [-0.25, -0.2) is 4.98 Å². The Bertz CT molecular complexity index is 1340. The van der Waals surface area contributed by atoms with E-state index in [4.69, 9.17) is 9.15 Å². The highest BCUT2D eigenvalue weighted by Gasteiger charge is 2.32. The summed E-state index contributed by atoms with van der Waals surface area (Å²) in [5, 5.41) is 2.52. The van der Waals surface area contributed by atoms with Crippen molar-refractivity contribution in [2.75, 3.05) is 6.61 Å². The van der Waals surface area contributed by atoms with Crippen LogP contribution in [0.4, 0.5) is 4.79 Å². The fourth-order valence-corrected chi connectivity index (χ4v) is 4.70. The van der Waals surface area contributed by atoms with Crippen molar-refractivity contribution in [3.05, 3.63) is 77.8 Å². The van der Waals surface area contributed by atoms with Crippen LogP contribution in [0.1, 0.15) is 17.0 Å². The summed E-state index contributed by atoms with van der Waals surface area (Å²) >= 11 is 1.03. The van der Waals surface area contributed by atoms with Gasteiger partial charge in [-0.3, -0.25) is 19.9 Å². The number of ether oxygens (including phenoxy) is 1. The maximum atomic E-state index is 12.0. The van der Waals surface area contributed by atoms with E-state index in [0.29, 0.717) is 31.1 Å². The zero-order valence-electron chi connectivity index (χ0n) is 17.9. The van der Waals surface area contributed by atoms with Crippen LogP contribution in [0.3, 0.4) is 0 Å². The van der Waals surface area contributed by atoms with Crippen LogP contribution in [-0.4, -0.2) is 33.0 Å². The molecule has 5 rings (SSSR count). The minimum absolute atomic E-state index is 0.250. The van der Waals surface area contributed by atoms with E-state index < -0.39 is 5.25 Å². The van der Waals surface area contributed by atoms with Crippen molar-refractivity contribution in [2.24, 2.45) is 0 Å². The number of fused-ring (bicyclic) bond motifs is 1. The van der Waals surface area contributed by atoms with E-state index in [1.54, 1.807) is 6.20 Å². The van der Waals surface area contributed by atoms with Gasteiger partial charge in [0.15, 0.2) is 0 Å². The van der Waals surface area contributed by atoms with Gasteiger partial charge in [0.1, 0.15) is 17.0 Å². The zero-order valence-corrected chi connectivity index (χ0v) is 18.7. The lowest BCUT2D eigenvalue weighted by Crippen LogP contribution is -2.25. The quantitative estimate of drug-likeness (QED) is 0.428. The third-order valence-electron chi connectivity index (χ3n) is 5.51. The number of nitrogens with zero attached hydrogens (tertiary/aromatic N) is 2. The Labute approximate surface area is 194 Å². The molecule has 1 unspecified atom stereocenters. The first kappa shape index (κ1) is 21.2. The van der Waals surface area contributed by atoms with E-state index in [1.807, 2.05) is 61.5 Å². The van der Waals surface area contributed by atoms with E-state index in [-0.39, 0.29) is 11.1 Å². The van der Waals surface area contributed by atoms with Crippen molar-refractivity contribution in [3.63, 3.8) is 0 Å². The van der Waals surface area contributed by atoms with Gasteiger partial charge in [0.05, 0.1) is 17.6 Å². The van der Waals surface area contributed by atoms with Crippen LogP contribution in [-0.2, 0) is 17.6 Å². The number of hydrogen-bond donors (Lipinski definition) is 1. The van der Waals surface area contributed by atoms with Crippen molar-refractivity contribution in [1.82, 2.24) is 15.3 Å². The number of amides is 2. The van der Waals surface area contributed by atoms with Crippen LogP contribution >= 0.6 is 11.8 Å². The predicted molar refractivity (Wildman–Crippen MR) is 126 cm³/mol. The number of rotatable bonds is 7. The molecule has 33 heavy (non-hydrogen) atoms. The van der Waals surface area contributed by atoms with Crippen LogP contribution in [0.25, 0.3) is 22.4 Å². The van der Waals surface area contributed by atoms with Crippen molar-refractivity contribution >= 4 is 33.8 Å². The molecular weight excluding hydrogens is 438 g/mol. The van der Waals surface area contributed by atoms with Crippen LogP contribution in [0.5, 0.6) is 5.75 Å². The Morgan fingerprint density at radius 1 is 1.09 bits per heavy atom. The Balaban J connectivity index is 1.31. The standard InChI is InChI=1S/C25H21N3O4S/c1-15-19(27-24(32-15)16-6-3-2-4-7-16)11-13-31-20-10-9-17(18-8-5-12-26-22(18)20)14-21-23(29)28-25(30)33-21/h2-10,12,21H,11,13-14H2,1H3,(H,28,29,30). The molecule has 0 spiro atoms. The summed E-state index contributed by atoms with van der Waals surface area (Å²) in [6, 6.07) is 17.4. The number of pyridine rings is 1.